The number of hydrazine groups is 1. The molecule has 1 aromatic heterocycles. The van der Waals surface area contributed by atoms with Gasteiger partial charge in [-0.3, -0.25) is 4.72 Å². The predicted octanol–water partition coefficient (Wildman–Crippen LogP) is 3.35. The highest BCUT2D eigenvalue weighted by molar-refractivity contribution is 9.10. The van der Waals surface area contributed by atoms with Crippen LogP contribution < -0.4 is 16.0 Å². The van der Waals surface area contributed by atoms with Gasteiger partial charge >= 0.3 is 0 Å². The van der Waals surface area contributed by atoms with Crippen LogP contribution in [0.3, 0.4) is 0 Å². The van der Waals surface area contributed by atoms with Gasteiger partial charge < -0.3 is 5.43 Å². The van der Waals surface area contributed by atoms with Crippen LogP contribution in [0.25, 0.3) is 0 Å². The topological polar surface area (TPSA) is 97.1 Å². The van der Waals surface area contributed by atoms with E-state index in [1.807, 2.05) is 0 Å². The Bertz CT molecular complexity index is 786. The summed E-state index contributed by atoms with van der Waals surface area (Å²) < 4.78 is 28.5. The Labute approximate surface area is 143 Å². The molecule has 0 atom stereocenters. The number of nitrogens with one attached hydrogen (secondary N) is 2. The minimum Gasteiger partial charge on any atom is -0.307 e. The summed E-state index contributed by atoms with van der Waals surface area (Å²) in [6.45, 7) is 0. The number of aromatic nitrogens is 1. The predicted molar refractivity (Wildman–Crippen MR) is 89.7 cm³/mol. The van der Waals surface area contributed by atoms with Crippen LogP contribution in [0.4, 0.5) is 11.5 Å². The van der Waals surface area contributed by atoms with E-state index in [1.54, 1.807) is 18.2 Å². The van der Waals surface area contributed by atoms with E-state index in [0.29, 0.717) is 8.95 Å². The number of sulfonamides is 1. The Kier molecular flexibility index (Phi) is 5.10. The van der Waals surface area contributed by atoms with Gasteiger partial charge in [-0.2, -0.15) is 0 Å². The summed E-state index contributed by atoms with van der Waals surface area (Å²) in [6.07, 6.45) is 1.43. The van der Waals surface area contributed by atoms with Gasteiger partial charge in [0.2, 0.25) is 0 Å². The molecular weight excluding hydrogens is 447 g/mol. The molecule has 10 heteroatoms. The Hall–Kier alpha value is -0.870. The lowest BCUT2D eigenvalue weighted by Crippen LogP contribution is -2.18. The van der Waals surface area contributed by atoms with Gasteiger partial charge in [0.15, 0.2) is 5.82 Å². The van der Waals surface area contributed by atoms with Crippen LogP contribution >= 0.6 is 43.5 Å². The van der Waals surface area contributed by atoms with E-state index in [1.165, 1.54) is 12.3 Å². The third-order valence-corrected chi connectivity index (χ3v) is 5.05. The first-order valence-electron chi connectivity index (χ1n) is 5.43. The second-order valence-electron chi connectivity index (χ2n) is 3.87. The molecule has 0 saturated heterocycles. The van der Waals surface area contributed by atoms with Crippen LogP contribution in [0.15, 0.2) is 44.3 Å². The average molecular weight is 457 g/mol. The molecule has 0 aliphatic carbocycles. The lowest BCUT2D eigenvalue weighted by Gasteiger charge is -2.12. The molecule has 6 nitrogen and oxygen atoms in total. The van der Waals surface area contributed by atoms with E-state index in [2.05, 4.69) is 47.0 Å². The summed E-state index contributed by atoms with van der Waals surface area (Å²) in [5, 5.41) is 0.270. The lowest BCUT2D eigenvalue weighted by atomic mass is 10.3. The maximum atomic E-state index is 12.5. The lowest BCUT2D eigenvalue weighted by molar-refractivity contribution is 0.601. The van der Waals surface area contributed by atoms with Crippen molar-refractivity contribution in [1.82, 2.24) is 4.98 Å². The third kappa shape index (κ3) is 3.86. The molecule has 0 bridgehead atoms. The first-order valence-corrected chi connectivity index (χ1v) is 8.88. The fraction of sp³-hybridized carbons (Fsp3) is 0. The van der Waals surface area contributed by atoms with Crippen LogP contribution in [0, 0.1) is 0 Å². The fourth-order valence-corrected chi connectivity index (χ4v) is 3.79. The zero-order valence-electron chi connectivity index (χ0n) is 10.3. The van der Waals surface area contributed by atoms with Crippen molar-refractivity contribution < 1.29 is 8.42 Å². The smallest absolute Gasteiger partial charge is 0.265 e. The molecule has 21 heavy (non-hydrogen) atoms. The molecule has 2 rings (SSSR count). The number of rotatable bonds is 4. The molecule has 0 amide bonds. The molecule has 0 unspecified atom stereocenters. The highest BCUT2D eigenvalue weighted by atomic mass is 79.9. The zero-order valence-corrected chi connectivity index (χ0v) is 15.0. The van der Waals surface area contributed by atoms with Gasteiger partial charge in [0.1, 0.15) is 4.90 Å². The van der Waals surface area contributed by atoms with E-state index in [4.69, 9.17) is 17.4 Å². The standard InChI is InChI=1S/C11H9Br2ClN4O2S/c12-6-1-2-8(14)9(3-6)18-21(19,20)10-4-7(13)5-16-11(10)17-15/h1-5,18H,15H2,(H,16,17). The molecule has 1 heterocycles. The number of nitrogen functional groups attached to an aromatic ring is 1. The summed E-state index contributed by atoms with van der Waals surface area (Å²) in [7, 11) is -3.91. The van der Waals surface area contributed by atoms with Gasteiger partial charge in [0.25, 0.3) is 10.0 Å². The Morgan fingerprint density at radius 2 is 1.90 bits per heavy atom. The van der Waals surface area contributed by atoms with Crippen molar-refractivity contribution in [3.05, 3.63) is 44.4 Å². The van der Waals surface area contributed by atoms with Crippen molar-refractivity contribution in [2.75, 3.05) is 10.1 Å². The Morgan fingerprint density at radius 3 is 2.57 bits per heavy atom. The summed E-state index contributed by atoms with van der Waals surface area (Å²) in [6, 6.07) is 6.22. The van der Waals surface area contributed by atoms with E-state index in [9.17, 15) is 8.42 Å². The SMILES string of the molecule is NNc1ncc(Br)cc1S(=O)(=O)Nc1cc(Br)ccc1Cl. The van der Waals surface area contributed by atoms with Crippen LogP contribution in [0.1, 0.15) is 0 Å². The van der Waals surface area contributed by atoms with Crippen molar-refractivity contribution in [2.45, 2.75) is 4.90 Å². The van der Waals surface area contributed by atoms with E-state index >= 15 is 0 Å². The molecular formula is C11H9Br2ClN4O2S. The summed E-state index contributed by atoms with van der Waals surface area (Å²) in [5.41, 5.74) is 2.49. The van der Waals surface area contributed by atoms with Gasteiger partial charge in [0, 0.05) is 15.1 Å². The van der Waals surface area contributed by atoms with Gasteiger partial charge in [-0.25, -0.2) is 19.2 Å². The quantitative estimate of drug-likeness (QED) is 0.484. The molecule has 0 fully saturated rings. The number of hydrogen-bond acceptors (Lipinski definition) is 5. The van der Waals surface area contributed by atoms with Crippen molar-refractivity contribution >= 4 is 65.0 Å². The normalized spacial score (nSPS) is 11.2. The Morgan fingerprint density at radius 1 is 1.19 bits per heavy atom. The zero-order chi connectivity index (χ0) is 15.6. The number of nitrogens with two attached hydrogens (primary N) is 1. The maximum Gasteiger partial charge on any atom is 0.265 e. The number of nitrogens with zero attached hydrogens (tertiary/aromatic N) is 1. The van der Waals surface area contributed by atoms with Crippen molar-refractivity contribution in [2.24, 2.45) is 5.84 Å². The number of benzene rings is 1. The van der Waals surface area contributed by atoms with Gasteiger partial charge in [-0.1, -0.05) is 27.5 Å². The summed E-state index contributed by atoms with van der Waals surface area (Å²) >= 11 is 12.4. The van der Waals surface area contributed by atoms with Crippen LogP contribution in [0.5, 0.6) is 0 Å². The summed E-state index contributed by atoms with van der Waals surface area (Å²) in [5.74, 6) is 5.32. The van der Waals surface area contributed by atoms with E-state index in [0.717, 1.165) is 0 Å². The summed E-state index contributed by atoms with van der Waals surface area (Å²) in [4.78, 5) is 3.80. The van der Waals surface area contributed by atoms with E-state index in [-0.39, 0.29) is 21.4 Å². The van der Waals surface area contributed by atoms with Crippen molar-refractivity contribution in [3.8, 4) is 0 Å². The van der Waals surface area contributed by atoms with Gasteiger partial charge in [0.05, 0.1) is 10.7 Å². The molecule has 0 aliphatic heterocycles. The van der Waals surface area contributed by atoms with Crippen LogP contribution in [-0.4, -0.2) is 13.4 Å². The number of anilines is 2. The van der Waals surface area contributed by atoms with Crippen molar-refractivity contribution in [3.63, 3.8) is 0 Å². The monoisotopic (exact) mass is 454 g/mol. The van der Waals surface area contributed by atoms with Gasteiger partial charge in [-0.05, 0) is 40.2 Å². The minimum atomic E-state index is -3.91. The van der Waals surface area contributed by atoms with Crippen LogP contribution in [0.2, 0.25) is 5.02 Å². The highest BCUT2D eigenvalue weighted by Crippen LogP contribution is 2.30. The first-order chi connectivity index (χ1) is 9.83. The maximum absolute atomic E-state index is 12.5. The van der Waals surface area contributed by atoms with E-state index < -0.39 is 10.0 Å². The number of hydrogen-bond donors (Lipinski definition) is 3. The average Bonchev–Trinajstić information content (AvgIpc) is 2.42. The second kappa shape index (κ2) is 6.49. The molecule has 0 aliphatic rings. The van der Waals surface area contributed by atoms with Crippen LogP contribution in [-0.2, 0) is 10.0 Å². The molecule has 2 aromatic rings. The Balaban J connectivity index is 2.48. The number of pyridine rings is 1. The molecule has 0 saturated carbocycles. The molecule has 112 valence electrons. The molecule has 1 aromatic carbocycles. The molecule has 0 radical (unpaired) electrons. The van der Waals surface area contributed by atoms with Crippen molar-refractivity contribution in [1.29, 1.82) is 0 Å². The fourth-order valence-electron chi connectivity index (χ4n) is 1.51. The highest BCUT2D eigenvalue weighted by Gasteiger charge is 2.21. The first kappa shape index (κ1) is 16.5. The van der Waals surface area contributed by atoms with Gasteiger partial charge in [-0.15, -0.1) is 0 Å². The number of halogens is 3. The second-order valence-corrected chi connectivity index (χ2v) is 7.76. The molecule has 0 spiro atoms. The third-order valence-electron chi connectivity index (χ3n) is 2.42. The molecule has 4 N–H and O–H groups in total. The minimum absolute atomic E-state index is 0.0248. The largest absolute Gasteiger partial charge is 0.307 e.